The molecule has 5 fully saturated rings. The van der Waals surface area contributed by atoms with E-state index in [-0.39, 0.29) is 48.0 Å². The molecule has 3 saturated heterocycles. The Morgan fingerprint density at radius 2 is 1.26 bits per heavy atom. The smallest absolute Gasteiger partial charge is 0.343 e. The fourth-order valence-corrected chi connectivity index (χ4v) is 13.9. The van der Waals surface area contributed by atoms with Gasteiger partial charge in [0.25, 0.3) is 0 Å². The molecule has 3 heterocycles. The van der Waals surface area contributed by atoms with Gasteiger partial charge in [0.1, 0.15) is 60.4 Å². The molecule has 0 radical (unpaired) electrons. The largest absolute Gasteiger partial charge is 0.417 e. The van der Waals surface area contributed by atoms with Crippen molar-refractivity contribution in [2.45, 2.75) is 191 Å². The van der Waals surface area contributed by atoms with Gasteiger partial charge in [-0.1, -0.05) is 68.4 Å². The number of fused-ring (bicyclic) bond motifs is 1. The van der Waals surface area contributed by atoms with E-state index in [4.69, 9.17) is 23.2 Å². The standard InChI is InChI=1S/C69H97Cl2F3N12O12/c1-14-40(2)56-64(95)79(9)42(4)60(91)85-34-31-51(85)62(93)81(11)57(44-21-18-22-44)65(96)77(7)38-53(87)75-50(30-28-43-27-29-48(49(71)35-43)69(72,73)74)61(92)86(47-26-20-25-46(70)36-47)39-55(89)83(13)68(5,6)67(98)82(12)58(45-23-19-24-45)66(97)80(10)52(63(94)84-32-16-15-17-33-84)37-54(88)78(8)41(3)59(90)76-56/h20,25-27,29,35-36,40-42,44-45,50-52,56-58H,14-19,21-24,28,30-34,37-39H2,1-13H3,(H,75,87)(H,76,90)/t40-,41-,42-,50-,51?,52-,56-,57-,58-/m0/s1. The van der Waals surface area contributed by atoms with Crippen LogP contribution in [0.5, 0.6) is 0 Å². The van der Waals surface area contributed by atoms with Crippen LogP contribution in [-0.2, 0) is 70.1 Å². The van der Waals surface area contributed by atoms with E-state index in [1.54, 1.807) is 11.8 Å². The number of hydrogen-bond donors (Lipinski definition) is 2. The van der Waals surface area contributed by atoms with Gasteiger partial charge in [0.15, 0.2) is 0 Å². The second-order valence-corrected chi connectivity index (χ2v) is 28.6. The molecule has 29 heteroatoms. The third-order valence-electron chi connectivity index (χ3n) is 21.2. The second kappa shape index (κ2) is 32.6. The van der Waals surface area contributed by atoms with Gasteiger partial charge in [-0.25, -0.2) is 0 Å². The van der Waals surface area contributed by atoms with E-state index < -0.39 is 173 Å². The normalized spacial score (nSPS) is 26.7. The summed E-state index contributed by atoms with van der Waals surface area (Å²) in [5.41, 5.74) is -2.60. The molecular formula is C69H97Cl2F3N12O12. The van der Waals surface area contributed by atoms with Crippen LogP contribution in [-0.4, -0.2) is 251 Å². The van der Waals surface area contributed by atoms with Crippen LogP contribution in [0, 0.1) is 17.8 Å². The van der Waals surface area contributed by atoms with Gasteiger partial charge in [0.2, 0.25) is 70.9 Å². The Labute approximate surface area is 582 Å². The molecule has 2 aromatic rings. The number of carbonyl (C=O) groups is 12. The summed E-state index contributed by atoms with van der Waals surface area (Å²) in [7, 11) is 9.70. The average molecular weight is 1410 g/mol. The first-order chi connectivity index (χ1) is 45.9. The summed E-state index contributed by atoms with van der Waals surface area (Å²) in [4.78, 5) is 190. The molecule has 24 nitrogen and oxygen atoms in total. The summed E-state index contributed by atoms with van der Waals surface area (Å²) >= 11 is 12.7. The van der Waals surface area contributed by atoms with Crippen LogP contribution < -0.4 is 15.5 Å². The number of anilines is 1. The summed E-state index contributed by atoms with van der Waals surface area (Å²) in [6.45, 7) is 8.77. The van der Waals surface area contributed by atoms with Crippen LogP contribution in [0.3, 0.4) is 0 Å². The van der Waals surface area contributed by atoms with Crippen LogP contribution >= 0.6 is 23.2 Å². The summed E-state index contributed by atoms with van der Waals surface area (Å²) < 4.78 is 41.7. The third kappa shape index (κ3) is 17.4. The predicted octanol–water partition coefficient (Wildman–Crippen LogP) is 5.48. The summed E-state index contributed by atoms with van der Waals surface area (Å²) in [5.74, 6) is -9.68. The number of likely N-dealkylation sites (N-methyl/N-ethyl adjacent to an activating group) is 7. The molecule has 2 aromatic carbocycles. The van der Waals surface area contributed by atoms with E-state index in [0.717, 1.165) is 44.6 Å². The number of carbonyl (C=O) groups excluding carboxylic acids is 12. The fourth-order valence-electron chi connectivity index (χ4n) is 13.4. The van der Waals surface area contributed by atoms with Gasteiger partial charge in [-0.15, -0.1) is 0 Å². The molecule has 5 aliphatic rings. The van der Waals surface area contributed by atoms with Gasteiger partial charge in [-0.05, 0) is 146 Å². The summed E-state index contributed by atoms with van der Waals surface area (Å²) in [5, 5.41) is 5.03. The van der Waals surface area contributed by atoms with E-state index in [0.29, 0.717) is 64.5 Å². The highest BCUT2D eigenvalue weighted by Crippen LogP contribution is 2.38. The topological polar surface area (TPSA) is 261 Å². The van der Waals surface area contributed by atoms with Crippen molar-refractivity contribution in [1.82, 2.24) is 54.7 Å². The van der Waals surface area contributed by atoms with E-state index >= 15 is 19.2 Å². The lowest BCUT2D eigenvalue weighted by Gasteiger charge is -2.46. The maximum atomic E-state index is 15.5. The molecule has 1 unspecified atom stereocenters. The third-order valence-corrected chi connectivity index (χ3v) is 21.8. The van der Waals surface area contributed by atoms with Crippen LogP contribution in [0.1, 0.15) is 136 Å². The van der Waals surface area contributed by atoms with Crippen LogP contribution in [0.2, 0.25) is 10.0 Å². The first-order valence-corrected chi connectivity index (χ1v) is 34.7. The minimum Gasteiger partial charge on any atom is -0.343 e. The molecule has 2 aliphatic carbocycles. The maximum absolute atomic E-state index is 15.5. The minimum absolute atomic E-state index is 0.0561. The van der Waals surface area contributed by atoms with Crippen molar-refractivity contribution in [1.29, 1.82) is 0 Å². The zero-order valence-corrected chi connectivity index (χ0v) is 60.1. The van der Waals surface area contributed by atoms with Gasteiger partial charge >= 0.3 is 6.18 Å². The average Bonchev–Trinajstić information content (AvgIpc) is 0.770. The van der Waals surface area contributed by atoms with E-state index in [1.807, 2.05) is 6.92 Å². The molecule has 98 heavy (non-hydrogen) atoms. The van der Waals surface area contributed by atoms with Crippen LogP contribution in [0.25, 0.3) is 0 Å². The number of halogens is 5. The molecule has 0 spiro atoms. The van der Waals surface area contributed by atoms with Crippen molar-refractivity contribution >= 4 is 99.8 Å². The van der Waals surface area contributed by atoms with Crippen molar-refractivity contribution in [3.05, 3.63) is 63.6 Å². The zero-order chi connectivity index (χ0) is 72.7. The molecular weight excluding hydrogens is 1320 g/mol. The lowest BCUT2D eigenvalue weighted by molar-refractivity contribution is -0.161. The molecule has 7 rings (SSSR count). The predicted molar refractivity (Wildman–Crippen MR) is 360 cm³/mol. The number of piperidine rings is 1. The molecule has 540 valence electrons. The number of nitrogens with one attached hydrogen (secondary N) is 2. The number of alkyl halides is 3. The van der Waals surface area contributed by atoms with Gasteiger partial charge < -0.3 is 59.6 Å². The van der Waals surface area contributed by atoms with Crippen molar-refractivity contribution < 1.29 is 70.7 Å². The molecule has 0 bridgehead atoms. The van der Waals surface area contributed by atoms with Crippen molar-refractivity contribution in [2.24, 2.45) is 17.8 Å². The van der Waals surface area contributed by atoms with E-state index in [2.05, 4.69) is 10.6 Å². The monoisotopic (exact) mass is 1410 g/mol. The number of rotatable bonds is 9. The van der Waals surface area contributed by atoms with Gasteiger partial charge in [0, 0.05) is 79.7 Å². The first kappa shape index (κ1) is 77.8. The van der Waals surface area contributed by atoms with Crippen LogP contribution in [0.4, 0.5) is 18.9 Å². The minimum atomic E-state index is -4.79. The Morgan fingerprint density at radius 1 is 0.643 bits per heavy atom. The molecule has 2 N–H and O–H groups in total. The fraction of sp³-hybridized carbons (Fsp3) is 0.652. The highest BCUT2D eigenvalue weighted by molar-refractivity contribution is 6.31. The van der Waals surface area contributed by atoms with Gasteiger partial charge in [-0.2, -0.15) is 13.2 Å². The number of nitrogens with zero attached hydrogens (tertiary/aromatic N) is 10. The first-order valence-electron chi connectivity index (χ1n) is 33.9. The zero-order valence-electron chi connectivity index (χ0n) is 58.6. The quantitative estimate of drug-likeness (QED) is 0.316. The Morgan fingerprint density at radius 3 is 1.80 bits per heavy atom. The van der Waals surface area contributed by atoms with E-state index in [9.17, 15) is 51.5 Å². The molecule has 3 aliphatic heterocycles. The number of amides is 12. The Balaban J connectivity index is 1.29. The second-order valence-electron chi connectivity index (χ2n) is 27.8. The van der Waals surface area contributed by atoms with Crippen LogP contribution in [0.15, 0.2) is 42.5 Å². The van der Waals surface area contributed by atoms with Crippen molar-refractivity contribution in [3.8, 4) is 0 Å². The molecule has 12 amide bonds. The van der Waals surface area contributed by atoms with Gasteiger partial charge in [-0.3, -0.25) is 57.5 Å². The summed E-state index contributed by atoms with van der Waals surface area (Å²) in [6, 6.07) is -1.12. The number of benzene rings is 2. The molecule has 0 aromatic heterocycles. The van der Waals surface area contributed by atoms with Crippen molar-refractivity contribution in [2.75, 3.05) is 87.0 Å². The number of aryl methyl sites for hydroxylation is 1. The molecule has 9 atom stereocenters. The summed E-state index contributed by atoms with van der Waals surface area (Å²) in [6.07, 6.45) is 0.507. The maximum Gasteiger partial charge on any atom is 0.417 e. The number of likely N-dealkylation sites (tertiary alicyclic amines) is 1. The van der Waals surface area contributed by atoms with E-state index in [1.165, 1.54) is 132 Å². The lowest BCUT2D eigenvalue weighted by atomic mass is 9.78. The Kier molecular flexibility index (Phi) is 25.9. The SMILES string of the molecule is CC[C@H](C)[C@@H]1NC(=O)[C@H](C)N(C)C(=O)C[C@@H](C(=O)N2CCCCC2)N(C)C(=O)[C@H](C2CCC2)N(C)C(=O)C(C)(C)N(C)C(=O)CN(c2cccc(Cl)c2)C(=O)[C@H](CCc2ccc(C(F)(F)F)c(Cl)c2)NC(=O)CN(C)C(=O)[C@H](C2CCC2)N(C)C(=O)C2CCN2C(=O)[C@H](C)N(C)C1=O. The lowest BCUT2D eigenvalue weighted by Crippen LogP contribution is -2.65. The Hall–Kier alpha value is -7.55. The molecule has 2 saturated carbocycles. The Bertz CT molecular complexity index is 3350. The number of hydrogen-bond acceptors (Lipinski definition) is 12. The van der Waals surface area contributed by atoms with Gasteiger partial charge in [0.05, 0.1) is 23.6 Å². The highest BCUT2D eigenvalue weighted by atomic mass is 35.5. The van der Waals surface area contributed by atoms with Crippen molar-refractivity contribution in [3.63, 3.8) is 0 Å². The highest BCUT2D eigenvalue weighted by Gasteiger charge is 2.50.